The van der Waals surface area contributed by atoms with Gasteiger partial charge in [0, 0.05) is 25.9 Å². The van der Waals surface area contributed by atoms with E-state index in [9.17, 15) is 9.59 Å². The summed E-state index contributed by atoms with van der Waals surface area (Å²) in [5.74, 6) is -0.411. The fraction of sp³-hybridized carbons (Fsp3) is 0.875. The highest BCUT2D eigenvalue weighted by Gasteiger charge is 2.08. The van der Waals surface area contributed by atoms with Crippen LogP contribution in [-0.2, 0) is 9.59 Å². The number of carboxylic acids is 1. The number of rotatable bonds is 13. The number of carbonyl (C=O) groups is 2. The molecule has 0 radical (unpaired) electrons. The summed E-state index contributed by atoms with van der Waals surface area (Å²) in [4.78, 5) is 24.0. The lowest BCUT2D eigenvalue weighted by Gasteiger charge is -2.18. The molecule has 0 saturated carbocycles. The first-order valence-corrected chi connectivity index (χ1v) is 8.11. The molecule has 0 bridgehead atoms. The standard InChI is InChI=1S/C16H31NO3/c1-3-17(4-2)15(18)13-11-9-7-5-6-8-10-12-14-16(19)20/h3-14H2,1-2H3,(H,19,20). The van der Waals surface area contributed by atoms with E-state index in [2.05, 4.69) is 0 Å². The molecule has 4 heteroatoms. The predicted molar refractivity (Wildman–Crippen MR) is 81.7 cm³/mol. The van der Waals surface area contributed by atoms with Gasteiger partial charge in [0.15, 0.2) is 0 Å². The van der Waals surface area contributed by atoms with Crippen molar-refractivity contribution in [3.63, 3.8) is 0 Å². The van der Waals surface area contributed by atoms with Gasteiger partial charge in [0.1, 0.15) is 0 Å². The molecule has 0 aromatic heterocycles. The third-order valence-corrected chi connectivity index (χ3v) is 3.65. The molecule has 0 saturated heterocycles. The van der Waals surface area contributed by atoms with Crippen LogP contribution in [0.2, 0.25) is 0 Å². The highest BCUT2D eigenvalue weighted by atomic mass is 16.4. The summed E-state index contributed by atoms with van der Waals surface area (Å²) in [5.41, 5.74) is 0. The van der Waals surface area contributed by atoms with Gasteiger partial charge in [-0.05, 0) is 26.7 Å². The van der Waals surface area contributed by atoms with Gasteiger partial charge in [0.25, 0.3) is 0 Å². The minimum absolute atomic E-state index is 0.281. The Morgan fingerprint density at radius 2 is 1.15 bits per heavy atom. The lowest BCUT2D eigenvalue weighted by atomic mass is 10.1. The van der Waals surface area contributed by atoms with E-state index in [1.54, 1.807) is 0 Å². The summed E-state index contributed by atoms with van der Waals surface area (Å²) in [6.07, 6.45) is 9.62. The first kappa shape index (κ1) is 18.9. The largest absolute Gasteiger partial charge is 0.481 e. The Labute approximate surface area is 123 Å². The van der Waals surface area contributed by atoms with E-state index in [1.165, 1.54) is 19.3 Å². The van der Waals surface area contributed by atoms with Crippen molar-refractivity contribution in [3.8, 4) is 0 Å². The molecule has 0 aromatic carbocycles. The Kier molecular flexibility index (Phi) is 12.3. The SMILES string of the molecule is CCN(CC)C(=O)CCCCCCCCCCC(=O)O. The maximum Gasteiger partial charge on any atom is 0.303 e. The summed E-state index contributed by atoms with van der Waals surface area (Å²) >= 11 is 0. The molecule has 118 valence electrons. The average Bonchev–Trinajstić information content (AvgIpc) is 2.42. The van der Waals surface area contributed by atoms with Crippen LogP contribution in [0.25, 0.3) is 0 Å². The van der Waals surface area contributed by atoms with Crippen LogP contribution in [0.4, 0.5) is 0 Å². The smallest absolute Gasteiger partial charge is 0.303 e. The quantitative estimate of drug-likeness (QED) is 0.523. The number of carbonyl (C=O) groups excluding carboxylic acids is 1. The minimum Gasteiger partial charge on any atom is -0.481 e. The zero-order chi connectivity index (χ0) is 15.2. The number of nitrogens with zero attached hydrogens (tertiary/aromatic N) is 1. The van der Waals surface area contributed by atoms with Crippen molar-refractivity contribution in [1.29, 1.82) is 0 Å². The van der Waals surface area contributed by atoms with E-state index in [0.717, 1.165) is 45.2 Å². The van der Waals surface area contributed by atoms with Crippen LogP contribution in [0.5, 0.6) is 0 Å². The van der Waals surface area contributed by atoms with Crippen LogP contribution in [0.15, 0.2) is 0 Å². The van der Waals surface area contributed by atoms with E-state index < -0.39 is 5.97 Å². The Balaban J connectivity index is 3.28. The first-order chi connectivity index (χ1) is 9.61. The van der Waals surface area contributed by atoms with E-state index in [-0.39, 0.29) is 5.91 Å². The van der Waals surface area contributed by atoms with Gasteiger partial charge in [-0.15, -0.1) is 0 Å². The molecule has 0 fully saturated rings. The van der Waals surface area contributed by atoms with Gasteiger partial charge in [-0.25, -0.2) is 0 Å². The molecule has 0 aliphatic heterocycles. The normalized spacial score (nSPS) is 10.5. The van der Waals surface area contributed by atoms with E-state index in [0.29, 0.717) is 12.8 Å². The lowest BCUT2D eigenvalue weighted by Crippen LogP contribution is -2.30. The molecule has 0 aliphatic rings. The topological polar surface area (TPSA) is 57.6 Å². The zero-order valence-electron chi connectivity index (χ0n) is 13.2. The number of aliphatic carboxylic acids is 1. The van der Waals surface area contributed by atoms with Crippen molar-refractivity contribution in [2.75, 3.05) is 13.1 Å². The molecule has 1 amide bonds. The first-order valence-electron chi connectivity index (χ1n) is 8.11. The van der Waals surface area contributed by atoms with Gasteiger partial charge in [-0.3, -0.25) is 9.59 Å². The molecule has 0 spiro atoms. The number of hydrogen-bond donors (Lipinski definition) is 1. The molecule has 0 unspecified atom stereocenters. The van der Waals surface area contributed by atoms with Crippen LogP contribution < -0.4 is 0 Å². The maximum atomic E-state index is 11.7. The van der Waals surface area contributed by atoms with Crippen molar-refractivity contribution >= 4 is 11.9 Å². The molecule has 0 atom stereocenters. The second kappa shape index (κ2) is 12.9. The molecular formula is C16H31NO3. The molecule has 0 heterocycles. The Bertz CT molecular complexity index is 262. The molecular weight excluding hydrogens is 254 g/mol. The van der Waals surface area contributed by atoms with Crippen molar-refractivity contribution in [1.82, 2.24) is 4.90 Å². The summed E-state index contributed by atoms with van der Waals surface area (Å²) in [5, 5.41) is 8.50. The molecule has 1 N–H and O–H groups in total. The third-order valence-electron chi connectivity index (χ3n) is 3.65. The van der Waals surface area contributed by atoms with E-state index >= 15 is 0 Å². The molecule has 0 aromatic rings. The van der Waals surface area contributed by atoms with Gasteiger partial charge in [0.2, 0.25) is 5.91 Å². The molecule has 20 heavy (non-hydrogen) atoms. The number of amides is 1. The number of unbranched alkanes of at least 4 members (excludes halogenated alkanes) is 7. The third kappa shape index (κ3) is 10.8. The second-order valence-electron chi connectivity index (χ2n) is 5.29. The maximum absolute atomic E-state index is 11.7. The van der Waals surface area contributed by atoms with Gasteiger partial charge in [0.05, 0.1) is 0 Å². The van der Waals surface area contributed by atoms with Gasteiger partial charge in [-0.2, -0.15) is 0 Å². The lowest BCUT2D eigenvalue weighted by molar-refractivity contribution is -0.137. The van der Waals surface area contributed by atoms with Gasteiger partial charge < -0.3 is 10.0 Å². The summed E-state index contributed by atoms with van der Waals surface area (Å²) in [6.45, 7) is 5.66. The summed E-state index contributed by atoms with van der Waals surface area (Å²) < 4.78 is 0. The van der Waals surface area contributed by atoms with E-state index in [4.69, 9.17) is 5.11 Å². The van der Waals surface area contributed by atoms with Crippen LogP contribution in [0, 0.1) is 0 Å². The van der Waals surface area contributed by atoms with Crippen LogP contribution in [0.3, 0.4) is 0 Å². The Morgan fingerprint density at radius 1 is 0.750 bits per heavy atom. The van der Waals surface area contributed by atoms with Crippen LogP contribution in [-0.4, -0.2) is 35.0 Å². The van der Waals surface area contributed by atoms with Crippen molar-refractivity contribution in [2.45, 2.75) is 78.1 Å². The fourth-order valence-electron chi connectivity index (χ4n) is 2.35. The van der Waals surface area contributed by atoms with Crippen LogP contribution in [0.1, 0.15) is 78.1 Å². The summed E-state index contributed by atoms with van der Waals surface area (Å²) in [7, 11) is 0. The van der Waals surface area contributed by atoms with Crippen molar-refractivity contribution < 1.29 is 14.7 Å². The number of carboxylic acid groups (broad SMARTS) is 1. The minimum atomic E-state index is -0.692. The second-order valence-corrected chi connectivity index (χ2v) is 5.29. The van der Waals surface area contributed by atoms with Gasteiger partial charge >= 0.3 is 5.97 Å². The monoisotopic (exact) mass is 285 g/mol. The van der Waals surface area contributed by atoms with Crippen LogP contribution >= 0.6 is 0 Å². The van der Waals surface area contributed by atoms with Crippen molar-refractivity contribution in [3.05, 3.63) is 0 Å². The number of hydrogen-bond acceptors (Lipinski definition) is 2. The highest BCUT2D eigenvalue weighted by Crippen LogP contribution is 2.11. The predicted octanol–water partition coefficient (Wildman–Crippen LogP) is 3.84. The molecule has 0 aliphatic carbocycles. The Morgan fingerprint density at radius 3 is 1.55 bits per heavy atom. The zero-order valence-corrected chi connectivity index (χ0v) is 13.2. The highest BCUT2D eigenvalue weighted by molar-refractivity contribution is 5.76. The van der Waals surface area contributed by atoms with Gasteiger partial charge in [-0.1, -0.05) is 38.5 Å². The molecule has 0 rings (SSSR count). The van der Waals surface area contributed by atoms with E-state index in [1.807, 2.05) is 18.7 Å². The van der Waals surface area contributed by atoms with Crippen molar-refractivity contribution in [2.24, 2.45) is 0 Å². The summed E-state index contributed by atoms with van der Waals surface area (Å²) in [6, 6.07) is 0. The fourth-order valence-corrected chi connectivity index (χ4v) is 2.35. The Hall–Kier alpha value is -1.06. The average molecular weight is 285 g/mol. The molecule has 4 nitrogen and oxygen atoms in total.